The molecule has 3 N–H and O–H groups in total. The van der Waals surface area contributed by atoms with Gasteiger partial charge in [0, 0.05) is 12.6 Å². The van der Waals surface area contributed by atoms with E-state index >= 15 is 0 Å². The number of phenolic OH excluding ortho intramolecular Hbond substituents is 2. The summed E-state index contributed by atoms with van der Waals surface area (Å²) in [5.74, 6) is -1.72. The number of rotatable bonds is 3. The summed E-state index contributed by atoms with van der Waals surface area (Å²) in [5, 5.41) is 28.1. The Morgan fingerprint density at radius 2 is 2.00 bits per heavy atom. The van der Waals surface area contributed by atoms with Gasteiger partial charge < -0.3 is 20.2 Å². The minimum absolute atomic E-state index is 0.00212. The minimum atomic E-state index is -0.949. The van der Waals surface area contributed by atoms with Gasteiger partial charge in [-0.15, -0.1) is 0 Å². The van der Waals surface area contributed by atoms with E-state index in [-0.39, 0.29) is 29.5 Å². The summed E-state index contributed by atoms with van der Waals surface area (Å²) in [6, 6.07) is 3.37. The maximum atomic E-state index is 12.4. The van der Waals surface area contributed by atoms with Crippen molar-refractivity contribution in [2.24, 2.45) is 0 Å². The zero-order valence-electron chi connectivity index (χ0n) is 11.0. The van der Waals surface area contributed by atoms with E-state index in [1.807, 2.05) is 0 Å². The summed E-state index contributed by atoms with van der Waals surface area (Å²) in [6.45, 7) is 0.464. The molecule has 1 aromatic carbocycles. The van der Waals surface area contributed by atoms with Crippen molar-refractivity contribution in [3.8, 4) is 11.5 Å². The summed E-state index contributed by atoms with van der Waals surface area (Å²) >= 11 is 0. The van der Waals surface area contributed by atoms with Crippen LogP contribution in [0.3, 0.4) is 0 Å². The van der Waals surface area contributed by atoms with Crippen LogP contribution in [0.15, 0.2) is 18.2 Å². The highest BCUT2D eigenvalue weighted by Crippen LogP contribution is 2.27. The standard InChI is InChI=1S/C14H17NO5/c16-10-4-5-12(17)11(8-10)14(20)15-6-2-1-3-9(15)7-13(18)19/h4-5,8-9,16-17H,1-3,6-7H2,(H,18,19). The maximum absolute atomic E-state index is 12.4. The number of hydrogen-bond acceptors (Lipinski definition) is 4. The number of carbonyl (C=O) groups is 2. The number of hydrogen-bond donors (Lipinski definition) is 3. The Bertz CT molecular complexity index is 528. The highest BCUT2D eigenvalue weighted by Gasteiger charge is 2.30. The van der Waals surface area contributed by atoms with Crippen molar-refractivity contribution in [3.63, 3.8) is 0 Å². The lowest BCUT2D eigenvalue weighted by atomic mass is 9.98. The van der Waals surface area contributed by atoms with Crippen LogP contribution in [0.2, 0.25) is 0 Å². The Morgan fingerprint density at radius 3 is 2.70 bits per heavy atom. The summed E-state index contributed by atoms with van der Waals surface area (Å²) in [6.07, 6.45) is 2.22. The van der Waals surface area contributed by atoms with Gasteiger partial charge in [0.15, 0.2) is 0 Å². The molecule has 1 aliphatic heterocycles. The van der Waals surface area contributed by atoms with E-state index in [4.69, 9.17) is 5.11 Å². The van der Waals surface area contributed by atoms with Crippen molar-refractivity contribution in [2.75, 3.05) is 6.54 Å². The van der Waals surface area contributed by atoms with Crippen molar-refractivity contribution in [3.05, 3.63) is 23.8 Å². The predicted molar refractivity (Wildman–Crippen MR) is 70.7 cm³/mol. The van der Waals surface area contributed by atoms with Crippen molar-refractivity contribution in [2.45, 2.75) is 31.7 Å². The number of benzene rings is 1. The molecule has 0 radical (unpaired) electrons. The fourth-order valence-corrected chi connectivity index (χ4v) is 2.53. The average Bonchev–Trinajstić information content (AvgIpc) is 2.41. The first-order valence-corrected chi connectivity index (χ1v) is 6.54. The Labute approximate surface area is 116 Å². The van der Waals surface area contributed by atoms with Crippen LogP contribution in [0.1, 0.15) is 36.0 Å². The van der Waals surface area contributed by atoms with Crippen LogP contribution in [-0.2, 0) is 4.79 Å². The number of aliphatic carboxylic acids is 1. The number of piperidine rings is 1. The van der Waals surface area contributed by atoms with E-state index in [0.717, 1.165) is 12.8 Å². The molecule has 20 heavy (non-hydrogen) atoms. The third kappa shape index (κ3) is 3.01. The molecule has 0 aromatic heterocycles. The van der Waals surface area contributed by atoms with E-state index in [9.17, 15) is 19.8 Å². The van der Waals surface area contributed by atoms with Crippen LogP contribution in [0.25, 0.3) is 0 Å². The molecule has 1 saturated heterocycles. The van der Waals surface area contributed by atoms with Gasteiger partial charge in [-0.2, -0.15) is 0 Å². The first kappa shape index (κ1) is 14.2. The van der Waals surface area contributed by atoms with Crippen molar-refractivity contribution >= 4 is 11.9 Å². The number of nitrogens with zero attached hydrogens (tertiary/aromatic N) is 1. The topological polar surface area (TPSA) is 98.1 Å². The molecule has 0 saturated carbocycles. The van der Waals surface area contributed by atoms with Crippen molar-refractivity contribution < 1.29 is 24.9 Å². The van der Waals surface area contributed by atoms with Crippen LogP contribution in [0.5, 0.6) is 11.5 Å². The quantitative estimate of drug-likeness (QED) is 0.729. The Hall–Kier alpha value is -2.24. The van der Waals surface area contributed by atoms with E-state index in [0.29, 0.717) is 13.0 Å². The number of carbonyl (C=O) groups excluding carboxylic acids is 1. The Kier molecular flexibility index (Phi) is 4.12. The molecule has 1 heterocycles. The molecule has 1 aliphatic rings. The molecule has 1 unspecified atom stereocenters. The molecule has 1 amide bonds. The second kappa shape index (κ2) is 5.81. The summed E-state index contributed by atoms with van der Waals surface area (Å²) in [7, 11) is 0. The van der Waals surface area contributed by atoms with Crippen molar-refractivity contribution in [1.29, 1.82) is 0 Å². The maximum Gasteiger partial charge on any atom is 0.305 e. The Balaban J connectivity index is 2.25. The molecule has 1 atom stereocenters. The van der Waals surface area contributed by atoms with Crippen LogP contribution in [0, 0.1) is 0 Å². The van der Waals surface area contributed by atoms with Gasteiger partial charge in [0.05, 0.1) is 12.0 Å². The normalized spacial score (nSPS) is 18.8. The molecule has 6 nitrogen and oxygen atoms in total. The average molecular weight is 279 g/mol. The largest absolute Gasteiger partial charge is 0.508 e. The van der Waals surface area contributed by atoms with Gasteiger partial charge in [-0.1, -0.05) is 0 Å². The van der Waals surface area contributed by atoms with Gasteiger partial charge in [0.25, 0.3) is 5.91 Å². The first-order valence-electron chi connectivity index (χ1n) is 6.54. The van der Waals surface area contributed by atoms with Gasteiger partial charge >= 0.3 is 5.97 Å². The number of aromatic hydroxyl groups is 2. The number of amides is 1. The fourth-order valence-electron chi connectivity index (χ4n) is 2.53. The SMILES string of the molecule is O=C(O)CC1CCCCN1C(=O)c1cc(O)ccc1O. The molecular formula is C14H17NO5. The molecule has 108 valence electrons. The van der Waals surface area contributed by atoms with Crippen LogP contribution in [-0.4, -0.2) is 44.7 Å². The van der Waals surface area contributed by atoms with Crippen molar-refractivity contribution in [1.82, 2.24) is 4.90 Å². The number of likely N-dealkylation sites (tertiary alicyclic amines) is 1. The number of carboxylic acid groups (broad SMARTS) is 1. The highest BCUT2D eigenvalue weighted by molar-refractivity contribution is 5.97. The highest BCUT2D eigenvalue weighted by atomic mass is 16.4. The first-order chi connectivity index (χ1) is 9.49. The predicted octanol–water partition coefficient (Wildman–Crippen LogP) is 1.57. The summed E-state index contributed by atoms with van der Waals surface area (Å²) in [4.78, 5) is 24.8. The van der Waals surface area contributed by atoms with Gasteiger partial charge in [0.2, 0.25) is 0 Å². The molecule has 0 spiro atoms. The lowest BCUT2D eigenvalue weighted by Gasteiger charge is -2.35. The van der Waals surface area contributed by atoms with E-state index in [1.165, 1.54) is 23.1 Å². The number of phenols is 2. The smallest absolute Gasteiger partial charge is 0.305 e. The van der Waals surface area contributed by atoms with Gasteiger partial charge in [0.1, 0.15) is 11.5 Å². The zero-order chi connectivity index (χ0) is 14.7. The fraction of sp³-hybridized carbons (Fsp3) is 0.429. The van der Waals surface area contributed by atoms with Gasteiger partial charge in [-0.05, 0) is 37.5 Å². The molecule has 6 heteroatoms. The van der Waals surface area contributed by atoms with Crippen LogP contribution in [0.4, 0.5) is 0 Å². The summed E-state index contributed by atoms with van der Waals surface area (Å²) < 4.78 is 0. The third-order valence-electron chi connectivity index (χ3n) is 3.51. The lowest BCUT2D eigenvalue weighted by molar-refractivity contribution is -0.138. The molecular weight excluding hydrogens is 262 g/mol. The Morgan fingerprint density at radius 1 is 1.25 bits per heavy atom. The zero-order valence-corrected chi connectivity index (χ0v) is 11.0. The van der Waals surface area contributed by atoms with Gasteiger partial charge in [-0.25, -0.2) is 0 Å². The van der Waals surface area contributed by atoms with E-state index in [2.05, 4.69) is 0 Å². The number of carboxylic acids is 1. The van der Waals surface area contributed by atoms with Crippen LogP contribution >= 0.6 is 0 Å². The second-order valence-corrected chi connectivity index (χ2v) is 4.95. The monoisotopic (exact) mass is 279 g/mol. The molecule has 0 bridgehead atoms. The van der Waals surface area contributed by atoms with E-state index < -0.39 is 11.9 Å². The van der Waals surface area contributed by atoms with E-state index in [1.54, 1.807) is 0 Å². The lowest BCUT2D eigenvalue weighted by Crippen LogP contribution is -2.44. The summed E-state index contributed by atoms with van der Waals surface area (Å²) in [5.41, 5.74) is 0.00212. The minimum Gasteiger partial charge on any atom is -0.508 e. The molecule has 1 aromatic rings. The molecule has 1 fully saturated rings. The molecule has 2 rings (SSSR count). The molecule has 0 aliphatic carbocycles. The van der Waals surface area contributed by atoms with Gasteiger partial charge in [-0.3, -0.25) is 9.59 Å². The third-order valence-corrected chi connectivity index (χ3v) is 3.51. The second-order valence-electron chi connectivity index (χ2n) is 4.95. The van der Waals surface area contributed by atoms with Crippen LogP contribution < -0.4 is 0 Å².